The first-order chi connectivity index (χ1) is 19.1. The number of fused-ring (bicyclic) bond motifs is 1. The molecule has 1 unspecified atom stereocenters. The van der Waals surface area contributed by atoms with Crippen molar-refractivity contribution in [1.82, 2.24) is 15.1 Å². The Morgan fingerprint density at radius 1 is 1.12 bits per heavy atom. The quantitative estimate of drug-likeness (QED) is 0.257. The first kappa shape index (κ1) is 31.0. The Morgan fingerprint density at radius 3 is 2.54 bits per heavy atom. The summed E-state index contributed by atoms with van der Waals surface area (Å²) in [7, 11) is -1.34. The number of alkyl carbamates (subject to hydrolysis) is 1. The maximum atomic E-state index is 15.7. The van der Waals surface area contributed by atoms with Gasteiger partial charge >= 0.3 is 6.09 Å². The summed E-state index contributed by atoms with van der Waals surface area (Å²) in [6.45, 7) is 12.2. The topological polar surface area (TPSA) is 114 Å². The lowest BCUT2D eigenvalue weighted by molar-refractivity contribution is -0.158. The average molecular weight is 592 g/mol. The molecule has 10 nitrogen and oxygen atoms in total. The summed E-state index contributed by atoms with van der Waals surface area (Å²) in [5.74, 6) is -1.97. The van der Waals surface area contributed by atoms with Crippen molar-refractivity contribution in [3.05, 3.63) is 29.1 Å². The number of halogens is 1. The highest BCUT2D eigenvalue weighted by Gasteiger charge is 2.44. The van der Waals surface area contributed by atoms with Crippen LogP contribution in [0.1, 0.15) is 68.8 Å². The van der Waals surface area contributed by atoms with E-state index < -0.39 is 49.5 Å². The molecular formula is C29H42FN3O7Si. The van der Waals surface area contributed by atoms with Crippen LogP contribution < -0.4 is 10.1 Å². The lowest BCUT2D eigenvalue weighted by atomic mass is 10.0. The number of carbonyl (C=O) groups excluding carboxylic acids is 4. The fourth-order valence-electron chi connectivity index (χ4n) is 5.33. The van der Waals surface area contributed by atoms with E-state index in [1.54, 1.807) is 20.8 Å². The number of rotatable bonds is 9. The van der Waals surface area contributed by atoms with Crippen LogP contribution in [0.3, 0.4) is 0 Å². The third-order valence-electron chi connectivity index (χ3n) is 7.54. The first-order valence-electron chi connectivity index (χ1n) is 14.3. The van der Waals surface area contributed by atoms with Crippen molar-refractivity contribution in [3.8, 4) is 5.75 Å². The summed E-state index contributed by atoms with van der Waals surface area (Å²) >= 11 is 0. The van der Waals surface area contributed by atoms with E-state index in [1.807, 2.05) is 0 Å². The molecule has 1 aliphatic carbocycles. The van der Waals surface area contributed by atoms with Gasteiger partial charge in [-0.2, -0.15) is 0 Å². The van der Waals surface area contributed by atoms with E-state index in [0.29, 0.717) is 19.4 Å². The van der Waals surface area contributed by atoms with Crippen molar-refractivity contribution >= 4 is 31.9 Å². The molecule has 4 rings (SSSR count). The average Bonchev–Trinajstić information content (AvgIpc) is 3.42. The molecule has 1 saturated carbocycles. The molecule has 2 aliphatic heterocycles. The Labute approximate surface area is 241 Å². The third-order valence-corrected chi connectivity index (χ3v) is 9.24. The van der Waals surface area contributed by atoms with Gasteiger partial charge in [0, 0.05) is 32.2 Å². The summed E-state index contributed by atoms with van der Waals surface area (Å²) in [6.07, 6.45) is 1.35. The molecule has 4 amide bonds. The van der Waals surface area contributed by atoms with Crippen LogP contribution in [-0.2, 0) is 25.6 Å². The minimum absolute atomic E-state index is 0.0103. The van der Waals surface area contributed by atoms with Gasteiger partial charge in [-0.3, -0.25) is 19.3 Å². The molecule has 1 saturated heterocycles. The normalized spacial score (nSPS) is 23.2. The fourth-order valence-corrected chi connectivity index (χ4v) is 6.09. The molecule has 12 heteroatoms. The van der Waals surface area contributed by atoms with E-state index in [9.17, 15) is 19.2 Å². The van der Waals surface area contributed by atoms with Gasteiger partial charge in [0.25, 0.3) is 11.8 Å². The zero-order chi connectivity index (χ0) is 30.1. The zero-order valence-electron chi connectivity index (χ0n) is 24.9. The number of ether oxygens (including phenoxy) is 3. The van der Waals surface area contributed by atoms with Gasteiger partial charge in [0.2, 0.25) is 5.91 Å². The van der Waals surface area contributed by atoms with Crippen molar-refractivity contribution in [2.75, 3.05) is 13.3 Å². The van der Waals surface area contributed by atoms with Crippen LogP contribution in [0.15, 0.2) is 12.1 Å². The van der Waals surface area contributed by atoms with Crippen LogP contribution in [-0.4, -0.2) is 78.8 Å². The lowest BCUT2D eigenvalue weighted by Crippen LogP contribution is -2.55. The van der Waals surface area contributed by atoms with E-state index in [1.165, 1.54) is 17.0 Å². The number of likely N-dealkylation sites (tertiary alicyclic amines) is 1. The Balaban J connectivity index is 1.42. The molecule has 1 aromatic rings. The number of nitrogens with zero attached hydrogens (tertiary/aromatic N) is 2. The highest BCUT2D eigenvalue weighted by atomic mass is 28.3. The van der Waals surface area contributed by atoms with Gasteiger partial charge in [0.05, 0.1) is 12.6 Å². The number of hydrogen-bond acceptors (Lipinski definition) is 7. The third kappa shape index (κ3) is 7.45. The maximum absolute atomic E-state index is 15.7. The minimum Gasteiger partial charge on any atom is -0.485 e. The Bertz CT molecular complexity index is 1200. The summed E-state index contributed by atoms with van der Waals surface area (Å²) < 4.78 is 32.7. The smallest absolute Gasteiger partial charge is 0.408 e. The molecule has 0 bridgehead atoms. The fraction of sp³-hybridized carbons (Fsp3) is 0.655. The van der Waals surface area contributed by atoms with Crippen molar-refractivity contribution in [2.24, 2.45) is 0 Å². The van der Waals surface area contributed by atoms with Gasteiger partial charge in [0.15, 0.2) is 11.6 Å². The minimum atomic E-state index is -1.34. The molecular weight excluding hydrogens is 549 g/mol. The summed E-state index contributed by atoms with van der Waals surface area (Å²) in [5, 5.41) is 2.82. The Kier molecular flexibility index (Phi) is 9.12. The van der Waals surface area contributed by atoms with E-state index in [2.05, 4.69) is 25.0 Å². The van der Waals surface area contributed by atoms with Crippen LogP contribution in [0.4, 0.5) is 9.18 Å². The Hall–Kier alpha value is -2.99. The van der Waals surface area contributed by atoms with Crippen LogP contribution in [0, 0.1) is 5.82 Å². The number of amides is 4. The standard InChI is InChI=1S/C29H42FN3O7Si/c1-29(2,3)40-28(37)31-20-8-7-9-22(20)39-23-12-10-18-19(25(23)30)16-32(26(18)35)21-11-13-24(34)33(27(21)36)17-38-14-15-41(4,5)6/h10,12,20-22H,7-9,11,13-17H2,1-6H3,(H,31,37)/t20-,21?,22-/m0/s1. The number of nitrogens with one attached hydrogen (secondary N) is 1. The second-order valence-corrected chi connectivity index (χ2v) is 18.9. The van der Waals surface area contributed by atoms with Gasteiger partial charge in [-0.15, -0.1) is 0 Å². The van der Waals surface area contributed by atoms with Crippen LogP contribution in [0.5, 0.6) is 5.75 Å². The van der Waals surface area contributed by atoms with Gasteiger partial charge in [-0.25, -0.2) is 9.18 Å². The molecule has 0 aromatic heterocycles. The second kappa shape index (κ2) is 12.1. The predicted molar refractivity (Wildman–Crippen MR) is 152 cm³/mol. The first-order valence-corrected chi connectivity index (χ1v) is 18.1. The summed E-state index contributed by atoms with van der Waals surface area (Å²) in [5.41, 5.74) is -0.314. The van der Waals surface area contributed by atoms with Crippen LogP contribution in [0.2, 0.25) is 25.7 Å². The monoisotopic (exact) mass is 591 g/mol. The van der Waals surface area contributed by atoms with Gasteiger partial charge in [-0.1, -0.05) is 19.6 Å². The SMILES string of the molecule is CC(C)(C)OC(=O)N[C@H]1CCC[C@@H]1Oc1ccc2c(c1F)CN(C1CCC(=O)N(COCC[Si](C)(C)C)C1=O)C2=O. The van der Waals surface area contributed by atoms with E-state index >= 15 is 4.39 Å². The van der Waals surface area contributed by atoms with Gasteiger partial charge in [-0.05, 0) is 64.6 Å². The molecule has 0 radical (unpaired) electrons. The summed E-state index contributed by atoms with van der Waals surface area (Å²) in [6, 6.07) is 2.61. The van der Waals surface area contributed by atoms with Crippen LogP contribution >= 0.6 is 0 Å². The molecule has 226 valence electrons. The molecule has 0 spiro atoms. The lowest BCUT2D eigenvalue weighted by Gasteiger charge is -2.35. The largest absolute Gasteiger partial charge is 0.485 e. The van der Waals surface area contributed by atoms with Gasteiger partial charge < -0.3 is 24.4 Å². The predicted octanol–water partition coefficient (Wildman–Crippen LogP) is 4.44. The highest BCUT2D eigenvalue weighted by molar-refractivity contribution is 6.76. The van der Waals surface area contributed by atoms with Crippen molar-refractivity contribution < 1.29 is 37.8 Å². The van der Waals surface area contributed by atoms with Crippen molar-refractivity contribution in [1.29, 1.82) is 0 Å². The van der Waals surface area contributed by atoms with Crippen molar-refractivity contribution in [2.45, 2.75) is 109 Å². The number of piperidine rings is 1. The maximum Gasteiger partial charge on any atom is 0.408 e. The number of carbonyl (C=O) groups is 4. The number of benzene rings is 1. The molecule has 1 aromatic carbocycles. The highest BCUT2D eigenvalue weighted by Crippen LogP contribution is 2.36. The Morgan fingerprint density at radius 2 is 1.85 bits per heavy atom. The molecule has 1 N–H and O–H groups in total. The second-order valence-electron chi connectivity index (χ2n) is 13.2. The number of hydrogen-bond donors (Lipinski definition) is 1. The molecule has 2 fully saturated rings. The van der Waals surface area contributed by atoms with E-state index in [-0.39, 0.29) is 54.9 Å². The van der Waals surface area contributed by atoms with E-state index in [4.69, 9.17) is 14.2 Å². The van der Waals surface area contributed by atoms with Gasteiger partial charge in [0.1, 0.15) is 24.5 Å². The van der Waals surface area contributed by atoms with Crippen molar-refractivity contribution in [3.63, 3.8) is 0 Å². The molecule has 2 heterocycles. The number of imide groups is 1. The molecule has 3 atom stereocenters. The van der Waals surface area contributed by atoms with E-state index in [0.717, 1.165) is 17.4 Å². The molecule has 3 aliphatic rings. The zero-order valence-corrected chi connectivity index (χ0v) is 25.9. The molecule has 41 heavy (non-hydrogen) atoms. The van der Waals surface area contributed by atoms with Crippen LogP contribution in [0.25, 0.3) is 0 Å². The summed E-state index contributed by atoms with van der Waals surface area (Å²) in [4.78, 5) is 53.7.